The van der Waals surface area contributed by atoms with Gasteiger partial charge in [0, 0.05) is 24.6 Å². The second kappa shape index (κ2) is 9.29. The van der Waals surface area contributed by atoms with Crippen LogP contribution in [0.4, 0.5) is 4.39 Å². The monoisotopic (exact) mass is 322 g/mol. The van der Waals surface area contributed by atoms with E-state index < -0.39 is 0 Å². The molecule has 0 aromatic heterocycles. The lowest BCUT2D eigenvalue weighted by atomic mass is 9.89. The van der Waals surface area contributed by atoms with E-state index in [-0.39, 0.29) is 42.3 Å². The van der Waals surface area contributed by atoms with Crippen LogP contribution in [0.15, 0.2) is 24.3 Å². The third-order valence-corrected chi connectivity index (χ3v) is 3.53. The summed E-state index contributed by atoms with van der Waals surface area (Å²) in [4.78, 5) is 14.5. The van der Waals surface area contributed by atoms with E-state index in [1.165, 1.54) is 12.1 Å². The number of piperidine rings is 1. The number of benzene rings is 1. The number of rotatable bonds is 4. The Hall–Kier alpha value is -0.680. The normalized spacial score (nSPS) is 16.1. The molecule has 1 aromatic carbocycles. The third kappa shape index (κ3) is 5.02. The number of likely N-dealkylation sites (tertiary alicyclic amines) is 1. The van der Waals surface area contributed by atoms with Crippen LogP contribution in [0.3, 0.4) is 0 Å². The number of nitrogens with two attached hydrogens (primary N) is 1. The van der Waals surface area contributed by atoms with Crippen LogP contribution in [0.25, 0.3) is 0 Å². The SMILES string of the molecule is Cl.Cl.NCCN1CCC(C(=O)c2ccc(F)cc2)CC1. The summed E-state index contributed by atoms with van der Waals surface area (Å²) >= 11 is 0. The van der Waals surface area contributed by atoms with Crippen LogP contribution in [0.1, 0.15) is 23.2 Å². The zero-order valence-electron chi connectivity index (χ0n) is 11.3. The van der Waals surface area contributed by atoms with Crippen LogP contribution in [-0.2, 0) is 0 Å². The van der Waals surface area contributed by atoms with Crippen LogP contribution in [-0.4, -0.2) is 36.9 Å². The van der Waals surface area contributed by atoms with E-state index in [0.29, 0.717) is 12.1 Å². The van der Waals surface area contributed by atoms with Crippen LogP contribution in [0, 0.1) is 11.7 Å². The number of nitrogens with zero attached hydrogens (tertiary/aromatic N) is 1. The summed E-state index contributed by atoms with van der Waals surface area (Å²) < 4.78 is 12.8. The highest BCUT2D eigenvalue weighted by molar-refractivity contribution is 5.97. The van der Waals surface area contributed by atoms with Gasteiger partial charge in [-0.05, 0) is 50.2 Å². The van der Waals surface area contributed by atoms with Gasteiger partial charge in [0.25, 0.3) is 0 Å². The molecule has 3 nitrogen and oxygen atoms in total. The molecule has 2 rings (SSSR count). The van der Waals surface area contributed by atoms with E-state index in [9.17, 15) is 9.18 Å². The number of carbonyl (C=O) groups excluding carboxylic acids is 1. The molecule has 1 aliphatic rings. The van der Waals surface area contributed by atoms with Crippen molar-refractivity contribution in [3.8, 4) is 0 Å². The lowest BCUT2D eigenvalue weighted by Gasteiger charge is -2.30. The minimum Gasteiger partial charge on any atom is -0.329 e. The lowest BCUT2D eigenvalue weighted by molar-refractivity contribution is 0.0842. The van der Waals surface area contributed by atoms with Crippen molar-refractivity contribution in [1.82, 2.24) is 4.90 Å². The molecule has 0 bridgehead atoms. The lowest BCUT2D eigenvalue weighted by Crippen LogP contribution is -2.39. The van der Waals surface area contributed by atoms with Crippen molar-refractivity contribution in [3.63, 3.8) is 0 Å². The molecular weight excluding hydrogens is 302 g/mol. The Bertz CT molecular complexity index is 406. The van der Waals surface area contributed by atoms with Gasteiger partial charge in [0.15, 0.2) is 5.78 Å². The Balaban J connectivity index is 0.00000180. The molecule has 2 N–H and O–H groups in total. The number of halogens is 3. The molecule has 0 amide bonds. The molecule has 114 valence electrons. The van der Waals surface area contributed by atoms with Crippen molar-refractivity contribution in [2.24, 2.45) is 11.7 Å². The van der Waals surface area contributed by atoms with Gasteiger partial charge < -0.3 is 10.6 Å². The fourth-order valence-corrected chi connectivity index (χ4v) is 2.45. The fourth-order valence-electron chi connectivity index (χ4n) is 2.45. The maximum absolute atomic E-state index is 12.8. The van der Waals surface area contributed by atoms with E-state index in [1.54, 1.807) is 12.1 Å². The average Bonchev–Trinajstić information content (AvgIpc) is 2.40. The molecule has 1 aliphatic heterocycles. The Morgan fingerprint density at radius 3 is 2.25 bits per heavy atom. The standard InChI is InChI=1S/C14H19FN2O.2ClH/c15-13-3-1-11(2-4-13)14(18)12-5-8-17(9-6-12)10-7-16;;/h1-4,12H,5-10,16H2;2*1H. The molecule has 1 saturated heterocycles. The zero-order chi connectivity index (χ0) is 13.0. The van der Waals surface area contributed by atoms with Crippen molar-refractivity contribution in [2.75, 3.05) is 26.2 Å². The van der Waals surface area contributed by atoms with Gasteiger partial charge in [-0.15, -0.1) is 24.8 Å². The van der Waals surface area contributed by atoms with E-state index in [4.69, 9.17) is 5.73 Å². The first-order valence-electron chi connectivity index (χ1n) is 6.43. The van der Waals surface area contributed by atoms with Crippen LogP contribution >= 0.6 is 24.8 Å². The molecule has 0 radical (unpaired) electrons. The van der Waals surface area contributed by atoms with Gasteiger partial charge in [-0.1, -0.05) is 0 Å². The predicted molar refractivity (Wildman–Crippen MR) is 83.4 cm³/mol. The highest BCUT2D eigenvalue weighted by Crippen LogP contribution is 2.21. The van der Waals surface area contributed by atoms with Gasteiger partial charge in [0.05, 0.1) is 0 Å². The van der Waals surface area contributed by atoms with E-state index in [2.05, 4.69) is 4.90 Å². The molecular formula is C14H21Cl2FN2O. The number of hydrogen-bond acceptors (Lipinski definition) is 3. The zero-order valence-corrected chi connectivity index (χ0v) is 12.9. The van der Waals surface area contributed by atoms with Gasteiger partial charge in [0.1, 0.15) is 5.82 Å². The second-order valence-electron chi connectivity index (χ2n) is 4.78. The summed E-state index contributed by atoms with van der Waals surface area (Å²) in [6, 6.07) is 5.83. The molecule has 20 heavy (non-hydrogen) atoms. The van der Waals surface area contributed by atoms with Crippen molar-refractivity contribution < 1.29 is 9.18 Å². The molecule has 0 atom stereocenters. The molecule has 1 fully saturated rings. The maximum Gasteiger partial charge on any atom is 0.166 e. The summed E-state index contributed by atoms with van der Waals surface area (Å²) in [5.41, 5.74) is 6.13. The van der Waals surface area contributed by atoms with E-state index in [1.807, 2.05) is 0 Å². The highest BCUT2D eigenvalue weighted by Gasteiger charge is 2.25. The Morgan fingerprint density at radius 2 is 1.75 bits per heavy atom. The summed E-state index contributed by atoms with van der Waals surface area (Å²) in [5, 5.41) is 0. The summed E-state index contributed by atoms with van der Waals surface area (Å²) in [6.07, 6.45) is 1.74. The number of ketones is 1. The minimum atomic E-state index is -0.302. The van der Waals surface area contributed by atoms with Crippen molar-refractivity contribution in [1.29, 1.82) is 0 Å². The fraction of sp³-hybridized carbons (Fsp3) is 0.500. The molecule has 1 aromatic rings. The van der Waals surface area contributed by atoms with Crippen molar-refractivity contribution in [3.05, 3.63) is 35.6 Å². The third-order valence-electron chi connectivity index (χ3n) is 3.53. The molecule has 0 aliphatic carbocycles. The Morgan fingerprint density at radius 1 is 1.20 bits per heavy atom. The first kappa shape index (κ1) is 19.3. The second-order valence-corrected chi connectivity index (χ2v) is 4.78. The highest BCUT2D eigenvalue weighted by atomic mass is 35.5. The largest absolute Gasteiger partial charge is 0.329 e. The maximum atomic E-state index is 12.8. The molecule has 0 saturated carbocycles. The van der Waals surface area contributed by atoms with Gasteiger partial charge >= 0.3 is 0 Å². The van der Waals surface area contributed by atoms with Crippen LogP contribution in [0.5, 0.6) is 0 Å². The topological polar surface area (TPSA) is 46.3 Å². The Kier molecular flexibility index (Phi) is 8.98. The van der Waals surface area contributed by atoms with Crippen molar-refractivity contribution >= 4 is 30.6 Å². The predicted octanol–water partition coefficient (Wildman–Crippen LogP) is 2.52. The molecule has 1 heterocycles. The van der Waals surface area contributed by atoms with E-state index >= 15 is 0 Å². The summed E-state index contributed by atoms with van der Waals surface area (Å²) in [6.45, 7) is 3.41. The average molecular weight is 323 g/mol. The Labute approximate surface area is 131 Å². The van der Waals surface area contributed by atoms with Gasteiger partial charge in [-0.2, -0.15) is 0 Å². The minimum absolute atomic E-state index is 0. The van der Waals surface area contributed by atoms with Crippen LogP contribution < -0.4 is 5.73 Å². The van der Waals surface area contributed by atoms with E-state index in [0.717, 1.165) is 32.5 Å². The first-order chi connectivity index (χ1) is 8.70. The number of Topliss-reactive ketones (excluding diaryl/α,β-unsaturated/α-hetero) is 1. The summed E-state index contributed by atoms with van der Waals surface area (Å²) in [7, 11) is 0. The molecule has 6 heteroatoms. The van der Waals surface area contributed by atoms with Gasteiger partial charge in [0.2, 0.25) is 0 Å². The smallest absolute Gasteiger partial charge is 0.166 e. The van der Waals surface area contributed by atoms with Crippen LogP contribution in [0.2, 0.25) is 0 Å². The molecule has 0 unspecified atom stereocenters. The summed E-state index contributed by atoms with van der Waals surface area (Å²) in [5.74, 6) is -0.0869. The quantitative estimate of drug-likeness (QED) is 0.866. The first-order valence-corrected chi connectivity index (χ1v) is 6.43. The molecule has 0 spiro atoms. The van der Waals surface area contributed by atoms with Gasteiger partial charge in [-0.3, -0.25) is 4.79 Å². The van der Waals surface area contributed by atoms with Gasteiger partial charge in [-0.25, -0.2) is 4.39 Å². The number of carbonyl (C=O) groups is 1. The van der Waals surface area contributed by atoms with Crippen molar-refractivity contribution in [2.45, 2.75) is 12.8 Å². The number of hydrogen-bond donors (Lipinski definition) is 1.